The summed E-state index contributed by atoms with van der Waals surface area (Å²) in [5.74, 6) is 0.0723. The number of aromatic nitrogens is 3. The predicted molar refractivity (Wildman–Crippen MR) is 118 cm³/mol. The first kappa shape index (κ1) is 21.2. The van der Waals surface area contributed by atoms with Crippen LogP contribution in [0.25, 0.3) is 0 Å². The molecule has 32 heavy (non-hydrogen) atoms. The average Bonchev–Trinajstić information content (AvgIpc) is 2.80. The highest BCUT2D eigenvalue weighted by Crippen LogP contribution is 2.15. The Balaban J connectivity index is 1.52. The number of hydrazone groups is 2. The lowest BCUT2D eigenvalue weighted by atomic mass is 10.2. The maximum atomic E-state index is 13.3. The number of benzene rings is 2. The van der Waals surface area contributed by atoms with Crippen LogP contribution in [0.5, 0.6) is 0 Å². The van der Waals surface area contributed by atoms with Crippen LogP contribution in [0.2, 0.25) is 0 Å². The second kappa shape index (κ2) is 10.4. The van der Waals surface area contributed by atoms with Gasteiger partial charge in [-0.15, -0.1) is 0 Å². The van der Waals surface area contributed by atoms with E-state index in [4.69, 9.17) is 4.74 Å². The Bertz CT molecular complexity index is 1040. The lowest BCUT2D eigenvalue weighted by Crippen LogP contribution is -2.37. The summed E-state index contributed by atoms with van der Waals surface area (Å²) in [5.41, 5.74) is 6.63. The number of hydrogen-bond donors (Lipinski definition) is 2. The quantitative estimate of drug-likeness (QED) is 0.432. The zero-order valence-electron chi connectivity index (χ0n) is 16.9. The molecule has 0 atom stereocenters. The minimum Gasteiger partial charge on any atom is -0.378 e. The van der Waals surface area contributed by atoms with Gasteiger partial charge in [0.1, 0.15) is 11.6 Å². The minimum absolute atomic E-state index is 0.178. The predicted octanol–water partition coefficient (Wildman–Crippen LogP) is 2.88. The van der Waals surface area contributed by atoms with Crippen LogP contribution in [-0.2, 0) is 4.74 Å². The van der Waals surface area contributed by atoms with Crippen LogP contribution in [0.15, 0.2) is 58.7 Å². The van der Waals surface area contributed by atoms with Crippen LogP contribution >= 0.6 is 0 Å². The summed E-state index contributed by atoms with van der Waals surface area (Å²) in [7, 11) is 0. The summed E-state index contributed by atoms with van der Waals surface area (Å²) in [4.78, 5) is 15.0. The van der Waals surface area contributed by atoms with Crippen molar-refractivity contribution in [2.45, 2.75) is 0 Å². The highest BCUT2D eigenvalue weighted by molar-refractivity contribution is 5.80. The Morgan fingerprint density at radius 2 is 1.34 bits per heavy atom. The van der Waals surface area contributed by atoms with Gasteiger partial charge in [0.2, 0.25) is 17.8 Å². The Labute approximate surface area is 182 Å². The molecule has 2 heterocycles. The average molecular weight is 438 g/mol. The second-order valence-corrected chi connectivity index (χ2v) is 6.73. The molecule has 4 rings (SSSR count). The van der Waals surface area contributed by atoms with Crippen molar-refractivity contribution in [2.75, 3.05) is 42.1 Å². The molecule has 0 unspecified atom stereocenters. The summed E-state index contributed by atoms with van der Waals surface area (Å²) >= 11 is 0. The fraction of sp³-hybridized carbons (Fsp3) is 0.190. The van der Waals surface area contributed by atoms with E-state index in [2.05, 4.69) is 36.0 Å². The molecule has 0 saturated carbocycles. The first-order chi connectivity index (χ1) is 15.7. The Morgan fingerprint density at radius 3 is 1.84 bits per heavy atom. The molecule has 164 valence electrons. The number of halogens is 2. The molecule has 11 heteroatoms. The van der Waals surface area contributed by atoms with Crippen LogP contribution < -0.4 is 15.8 Å². The normalized spacial score (nSPS) is 14.2. The molecule has 1 saturated heterocycles. The van der Waals surface area contributed by atoms with Crippen molar-refractivity contribution in [1.82, 2.24) is 15.0 Å². The first-order valence-electron chi connectivity index (χ1n) is 9.84. The number of hydrogen-bond acceptors (Lipinski definition) is 9. The van der Waals surface area contributed by atoms with Gasteiger partial charge in [-0.25, -0.2) is 19.6 Å². The summed E-state index contributed by atoms with van der Waals surface area (Å²) in [6.45, 7) is 2.38. The molecule has 0 radical (unpaired) electrons. The SMILES string of the molecule is Fc1cccc(/C=N/Nc2nc(N/N=C/c3cccc(F)c3)nc(N3CCOCC3)n2)c1. The van der Waals surface area contributed by atoms with Crippen molar-refractivity contribution in [3.63, 3.8) is 0 Å². The van der Waals surface area contributed by atoms with Gasteiger partial charge >= 0.3 is 0 Å². The molecule has 3 aromatic rings. The Hall–Kier alpha value is -3.99. The molecular weight excluding hydrogens is 418 g/mol. The Kier molecular flexibility index (Phi) is 6.88. The number of anilines is 3. The molecule has 1 aliphatic heterocycles. The van der Waals surface area contributed by atoms with Crippen LogP contribution in [0.1, 0.15) is 11.1 Å². The van der Waals surface area contributed by atoms with Crippen molar-refractivity contribution in [1.29, 1.82) is 0 Å². The van der Waals surface area contributed by atoms with Gasteiger partial charge in [-0.1, -0.05) is 24.3 Å². The van der Waals surface area contributed by atoms with Gasteiger partial charge in [0.25, 0.3) is 0 Å². The molecule has 1 aromatic heterocycles. The minimum atomic E-state index is -0.355. The summed E-state index contributed by atoms with van der Waals surface area (Å²) < 4.78 is 32.0. The number of nitrogens with zero attached hydrogens (tertiary/aromatic N) is 6. The van der Waals surface area contributed by atoms with Crippen molar-refractivity contribution < 1.29 is 13.5 Å². The number of nitrogens with one attached hydrogen (secondary N) is 2. The summed E-state index contributed by atoms with van der Waals surface area (Å²) in [5, 5.41) is 8.14. The zero-order valence-corrected chi connectivity index (χ0v) is 16.9. The summed E-state index contributed by atoms with van der Waals surface area (Å²) in [6.07, 6.45) is 2.91. The first-order valence-corrected chi connectivity index (χ1v) is 9.84. The largest absolute Gasteiger partial charge is 0.378 e. The molecule has 2 aromatic carbocycles. The van der Waals surface area contributed by atoms with Gasteiger partial charge in [0, 0.05) is 13.1 Å². The van der Waals surface area contributed by atoms with Gasteiger partial charge in [0.05, 0.1) is 25.6 Å². The van der Waals surface area contributed by atoms with Crippen LogP contribution in [-0.4, -0.2) is 53.7 Å². The molecule has 0 aliphatic carbocycles. The van der Waals surface area contributed by atoms with Crippen LogP contribution in [0.4, 0.5) is 26.6 Å². The topological polar surface area (TPSA) is 99.9 Å². The van der Waals surface area contributed by atoms with E-state index in [1.807, 2.05) is 4.90 Å². The van der Waals surface area contributed by atoms with Crippen molar-refractivity contribution in [2.24, 2.45) is 10.2 Å². The molecule has 0 bridgehead atoms. The fourth-order valence-corrected chi connectivity index (χ4v) is 2.87. The second-order valence-electron chi connectivity index (χ2n) is 6.73. The molecule has 9 nitrogen and oxygen atoms in total. The van der Waals surface area contributed by atoms with Gasteiger partial charge in [-0.05, 0) is 35.4 Å². The standard InChI is InChI=1S/C21H20F2N8O/c22-17-5-1-3-15(11-17)13-24-29-19-26-20(28-21(27-19)31-7-9-32-10-8-31)30-25-14-16-4-2-6-18(23)12-16/h1-6,11-14H,7-10H2,(H2,26,27,28,29,30)/b24-13+,25-14+. The van der Waals surface area contributed by atoms with Crippen molar-refractivity contribution in [3.05, 3.63) is 71.3 Å². The lowest BCUT2D eigenvalue weighted by molar-refractivity contribution is 0.122. The van der Waals surface area contributed by atoms with E-state index >= 15 is 0 Å². The maximum Gasteiger partial charge on any atom is 0.250 e. The van der Waals surface area contributed by atoms with Crippen LogP contribution in [0.3, 0.4) is 0 Å². The third-order valence-corrected chi connectivity index (χ3v) is 4.37. The van der Waals surface area contributed by atoms with E-state index in [0.29, 0.717) is 43.4 Å². The van der Waals surface area contributed by atoms with E-state index in [-0.39, 0.29) is 23.5 Å². The molecule has 2 N–H and O–H groups in total. The zero-order chi connectivity index (χ0) is 22.2. The van der Waals surface area contributed by atoms with Crippen molar-refractivity contribution in [3.8, 4) is 0 Å². The van der Waals surface area contributed by atoms with Gasteiger partial charge in [-0.3, -0.25) is 0 Å². The fourth-order valence-electron chi connectivity index (χ4n) is 2.87. The molecule has 1 aliphatic rings. The number of morpholine rings is 1. The highest BCUT2D eigenvalue weighted by Gasteiger charge is 2.16. The third-order valence-electron chi connectivity index (χ3n) is 4.37. The van der Waals surface area contributed by atoms with Crippen LogP contribution in [0, 0.1) is 11.6 Å². The summed E-state index contributed by atoms with van der Waals surface area (Å²) in [6, 6.07) is 12.0. The molecule has 1 fully saturated rings. The van der Waals surface area contributed by atoms with E-state index in [1.165, 1.54) is 36.7 Å². The third kappa shape index (κ3) is 6.01. The van der Waals surface area contributed by atoms with E-state index < -0.39 is 0 Å². The molecular formula is C21H20F2N8O. The highest BCUT2D eigenvalue weighted by atomic mass is 19.1. The molecule has 0 spiro atoms. The molecule has 0 amide bonds. The maximum absolute atomic E-state index is 13.3. The van der Waals surface area contributed by atoms with E-state index in [0.717, 1.165) is 0 Å². The Morgan fingerprint density at radius 1 is 0.812 bits per heavy atom. The monoisotopic (exact) mass is 438 g/mol. The number of ether oxygens (including phenoxy) is 1. The smallest absolute Gasteiger partial charge is 0.250 e. The lowest BCUT2D eigenvalue weighted by Gasteiger charge is -2.26. The van der Waals surface area contributed by atoms with Gasteiger partial charge in [-0.2, -0.15) is 25.2 Å². The van der Waals surface area contributed by atoms with Gasteiger partial charge < -0.3 is 9.64 Å². The van der Waals surface area contributed by atoms with Gasteiger partial charge in [0.15, 0.2) is 0 Å². The van der Waals surface area contributed by atoms with E-state index in [1.54, 1.807) is 24.3 Å². The van der Waals surface area contributed by atoms with E-state index in [9.17, 15) is 8.78 Å². The van der Waals surface area contributed by atoms with Crippen molar-refractivity contribution >= 4 is 30.3 Å². The number of rotatable bonds is 7.